The summed E-state index contributed by atoms with van der Waals surface area (Å²) in [7, 11) is 0. The van der Waals surface area contributed by atoms with Gasteiger partial charge in [-0.3, -0.25) is 9.78 Å². The SMILES string of the molecule is Cc1nc2c(c(N3C[C@@H](Cc4ccccn4)[C@H](O)C3)n1)CCNC2=O. The first-order chi connectivity index (χ1) is 12.1. The van der Waals surface area contributed by atoms with Crippen molar-refractivity contribution in [3.63, 3.8) is 0 Å². The van der Waals surface area contributed by atoms with Crippen LogP contribution in [0.2, 0.25) is 0 Å². The van der Waals surface area contributed by atoms with Gasteiger partial charge in [0.1, 0.15) is 17.3 Å². The zero-order valence-electron chi connectivity index (χ0n) is 14.1. The maximum absolute atomic E-state index is 12.1. The first kappa shape index (κ1) is 16.0. The second-order valence-corrected chi connectivity index (χ2v) is 6.69. The van der Waals surface area contributed by atoms with Gasteiger partial charge < -0.3 is 15.3 Å². The molecule has 130 valence electrons. The van der Waals surface area contributed by atoms with Gasteiger partial charge in [0, 0.05) is 43.0 Å². The van der Waals surface area contributed by atoms with Gasteiger partial charge in [0.15, 0.2) is 0 Å². The fraction of sp³-hybridized carbons (Fsp3) is 0.444. The quantitative estimate of drug-likeness (QED) is 0.846. The van der Waals surface area contributed by atoms with E-state index in [2.05, 4.69) is 25.2 Å². The van der Waals surface area contributed by atoms with E-state index in [0.717, 1.165) is 23.5 Å². The van der Waals surface area contributed by atoms with Gasteiger partial charge in [0.25, 0.3) is 5.91 Å². The van der Waals surface area contributed by atoms with Crippen LogP contribution in [0.15, 0.2) is 24.4 Å². The highest BCUT2D eigenvalue weighted by Crippen LogP contribution is 2.30. The number of pyridine rings is 1. The summed E-state index contributed by atoms with van der Waals surface area (Å²) in [6, 6.07) is 5.84. The van der Waals surface area contributed by atoms with Gasteiger partial charge >= 0.3 is 0 Å². The number of hydrogen-bond acceptors (Lipinski definition) is 6. The number of aliphatic hydroxyl groups excluding tert-OH is 1. The van der Waals surface area contributed by atoms with Gasteiger partial charge in [-0.25, -0.2) is 9.97 Å². The molecule has 4 rings (SSSR count). The summed E-state index contributed by atoms with van der Waals surface area (Å²) in [5.41, 5.74) is 2.34. The average Bonchev–Trinajstić information content (AvgIpc) is 2.97. The van der Waals surface area contributed by atoms with Gasteiger partial charge in [-0.15, -0.1) is 0 Å². The number of rotatable bonds is 3. The first-order valence-electron chi connectivity index (χ1n) is 8.60. The van der Waals surface area contributed by atoms with Crippen molar-refractivity contribution in [2.45, 2.75) is 25.9 Å². The molecule has 0 saturated carbocycles. The number of β-amino-alcohol motifs (C(OH)–C–C–N with tert-alkyl or cyclic N) is 1. The second kappa shape index (κ2) is 6.40. The smallest absolute Gasteiger partial charge is 0.270 e. The van der Waals surface area contributed by atoms with Crippen molar-refractivity contribution in [3.8, 4) is 0 Å². The number of anilines is 1. The number of carbonyl (C=O) groups is 1. The van der Waals surface area contributed by atoms with Crippen molar-refractivity contribution in [1.82, 2.24) is 20.3 Å². The van der Waals surface area contributed by atoms with Gasteiger partial charge in [-0.2, -0.15) is 0 Å². The largest absolute Gasteiger partial charge is 0.391 e. The molecule has 2 aliphatic heterocycles. The number of nitrogens with one attached hydrogen (secondary N) is 1. The average molecular weight is 339 g/mol. The van der Waals surface area contributed by atoms with E-state index in [-0.39, 0.29) is 11.8 Å². The summed E-state index contributed by atoms with van der Waals surface area (Å²) in [4.78, 5) is 27.4. The van der Waals surface area contributed by atoms with Gasteiger partial charge in [-0.05, 0) is 31.9 Å². The third-order valence-electron chi connectivity index (χ3n) is 4.88. The van der Waals surface area contributed by atoms with Crippen LogP contribution in [-0.4, -0.2) is 51.7 Å². The van der Waals surface area contributed by atoms with E-state index in [1.165, 1.54) is 0 Å². The standard InChI is InChI=1S/C18H21N5O2/c1-11-21-16-14(5-7-20-18(16)25)17(22-11)23-9-12(15(24)10-23)8-13-4-2-3-6-19-13/h2-4,6,12,15,24H,5,7-10H2,1H3,(H,20,25)/t12-,15-/m1/s1. The fourth-order valence-electron chi connectivity index (χ4n) is 3.66. The Morgan fingerprint density at radius 3 is 3.00 bits per heavy atom. The number of aryl methyl sites for hydroxylation is 1. The molecule has 2 aliphatic rings. The Morgan fingerprint density at radius 2 is 2.20 bits per heavy atom. The monoisotopic (exact) mass is 339 g/mol. The molecule has 25 heavy (non-hydrogen) atoms. The summed E-state index contributed by atoms with van der Waals surface area (Å²) in [6.45, 7) is 3.60. The van der Waals surface area contributed by atoms with E-state index in [9.17, 15) is 9.90 Å². The molecule has 2 atom stereocenters. The third kappa shape index (κ3) is 3.07. The van der Waals surface area contributed by atoms with Crippen LogP contribution in [0.25, 0.3) is 0 Å². The molecule has 7 nitrogen and oxygen atoms in total. The predicted molar refractivity (Wildman–Crippen MR) is 92.5 cm³/mol. The topological polar surface area (TPSA) is 91.2 Å². The van der Waals surface area contributed by atoms with Crippen LogP contribution < -0.4 is 10.2 Å². The second-order valence-electron chi connectivity index (χ2n) is 6.69. The Labute approximate surface area is 146 Å². The number of carbonyl (C=O) groups excluding carboxylic acids is 1. The predicted octanol–water partition coefficient (Wildman–Crippen LogP) is 0.506. The van der Waals surface area contributed by atoms with Crippen LogP contribution in [0.5, 0.6) is 0 Å². The molecule has 7 heteroatoms. The van der Waals surface area contributed by atoms with Gasteiger partial charge in [-0.1, -0.05) is 6.07 Å². The van der Waals surface area contributed by atoms with Crippen LogP contribution in [0, 0.1) is 12.8 Å². The molecule has 1 amide bonds. The molecule has 2 aromatic rings. The Balaban J connectivity index is 1.60. The van der Waals surface area contributed by atoms with E-state index in [1.54, 1.807) is 13.1 Å². The summed E-state index contributed by atoms with van der Waals surface area (Å²) in [5.74, 6) is 1.32. The minimum Gasteiger partial charge on any atom is -0.391 e. The normalized spacial score (nSPS) is 22.6. The van der Waals surface area contributed by atoms with Crippen molar-refractivity contribution in [2.24, 2.45) is 5.92 Å². The Hall–Kier alpha value is -2.54. The van der Waals surface area contributed by atoms with Crippen molar-refractivity contribution in [1.29, 1.82) is 0 Å². The Morgan fingerprint density at radius 1 is 1.32 bits per heavy atom. The summed E-state index contributed by atoms with van der Waals surface area (Å²) in [5, 5.41) is 13.3. The molecule has 0 bridgehead atoms. The van der Waals surface area contributed by atoms with Gasteiger partial charge in [0.05, 0.1) is 6.10 Å². The molecule has 0 aliphatic carbocycles. The molecule has 0 unspecified atom stereocenters. The molecule has 2 N–H and O–H groups in total. The van der Waals surface area contributed by atoms with Crippen LogP contribution in [0.1, 0.15) is 27.6 Å². The third-order valence-corrected chi connectivity index (χ3v) is 4.88. The van der Waals surface area contributed by atoms with Crippen molar-refractivity contribution < 1.29 is 9.90 Å². The Bertz CT molecular complexity index is 796. The lowest BCUT2D eigenvalue weighted by atomic mass is 10.00. The lowest BCUT2D eigenvalue weighted by Crippen LogP contribution is -2.35. The molecule has 1 fully saturated rings. The zero-order chi connectivity index (χ0) is 17.4. The van der Waals surface area contributed by atoms with Crippen molar-refractivity contribution in [2.75, 3.05) is 24.5 Å². The molecule has 0 radical (unpaired) electrons. The zero-order valence-corrected chi connectivity index (χ0v) is 14.1. The highest BCUT2D eigenvalue weighted by molar-refractivity contribution is 5.96. The summed E-state index contributed by atoms with van der Waals surface area (Å²) in [6.07, 6.45) is 2.78. The first-order valence-corrected chi connectivity index (χ1v) is 8.60. The minimum absolute atomic E-state index is 0.0956. The van der Waals surface area contributed by atoms with Crippen LogP contribution >= 0.6 is 0 Å². The maximum Gasteiger partial charge on any atom is 0.270 e. The molecule has 0 spiro atoms. The highest BCUT2D eigenvalue weighted by atomic mass is 16.3. The maximum atomic E-state index is 12.1. The number of aromatic nitrogens is 3. The number of nitrogens with zero attached hydrogens (tertiary/aromatic N) is 4. The number of aliphatic hydroxyl groups is 1. The lowest BCUT2D eigenvalue weighted by Gasteiger charge is -2.25. The molecule has 4 heterocycles. The summed E-state index contributed by atoms with van der Waals surface area (Å²) < 4.78 is 0. The number of fused-ring (bicyclic) bond motifs is 1. The van der Waals surface area contributed by atoms with E-state index < -0.39 is 6.10 Å². The molecular weight excluding hydrogens is 318 g/mol. The van der Waals surface area contributed by atoms with Crippen LogP contribution in [-0.2, 0) is 12.8 Å². The Kier molecular flexibility index (Phi) is 4.09. The molecule has 2 aromatic heterocycles. The minimum atomic E-state index is -0.439. The van der Waals surface area contributed by atoms with Crippen molar-refractivity contribution in [3.05, 3.63) is 47.2 Å². The van der Waals surface area contributed by atoms with Crippen molar-refractivity contribution >= 4 is 11.7 Å². The number of hydrogen-bond donors (Lipinski definition) is 2. The fourth-order valence-corrected chi connectivity index (χ4v) is 3.66. The summed E-state index contributed by atoms with van der Waals surface area (Å²) >= 11 is 0. The van der Waals surface area contributed by atoms with Crippen LogP contribution in [0.3, 0.4) is 0 Å². The van der Waals surface area contributed by atoms with Crippen LogP contribution in [0.4, 0.5) is 5.82 Å². The van der Waals surface area contributed by atoms with Gasteiger partial charge in [0.2, 0.25) is 0 Å². The van der Waals surface area contributed by atoms with E-state index in [0.29, 0.717) is 37.6 Å². The molecule has 0 aromatic carbocycles. The number of amides is 1. The highest BCUT2D eigenvalue weighted by Gasteiger charge is 2.35. The molecular formula is C18H21N5O2. The lowest BCUT2D eigenvalue weighted by molar-refractivity contribution is 0.0940. The van der Waals surface area contributed by atoms with E-state index in [4.69, 9.17) is 0 Å². The molecule has 1 saturated heterocycles. The van der Waals surface area contributed by atoms with E-state index in [1.807, 2.05) is 18.2 Å². The van der Waals surface area contributed by atoms with E-state index >= 15 is 0 Å².